The summed E-state index contributed by atoms with van der Waals surface area (Å²) in [6.45, 7) is -1.00. The van der Waals surface area contributed by atoms with Gasteiger partial charge in [0.2, 0.25) is 11.8 Å². The van der Waals surface area contributed by atoms with Gasteiger partial charge in [-0.05, 0) is 23.7 Å². The van der Waals surface area contributed by atoms with E-state index in [9.17, 15) is 34.1 Å². The van der Waals surface area contributed by atoms with Gasteiger partial charge >= 0.3 is 17.2 Å². The standard InChI is InChI=1S/C18H22N4O10S/c19-12(17(27)28)4-5-14(23)21-13(16(26)20-7-15(24)25)9-33-18(29)32-8-10-2-1-3-11(6-10)22(30)31/h1-3,6,12-13H,4-5,7-9,19H2,(H,20,26)(H,21,23)(H,24,25)(H,27,28)/t12-,13-/m0/s1. The molecule has 0 heterocycles. The van der Waals surface area contributed by atoms with Crippen LogP contribution < -0.4 is 16.4 Å². The van der Waals surface area contributed by atoms with E-state index in [1.807, 2.05) is 0 Å². The van der Waals surface area contributed by atoms with Crippen LogP contribution in [0.25, 0.3) is 0 Å². The molecule has 0 bridgehead atoms. The zero-order chi connectivity index (χ0) is 25.0. The van der Waals surface area contributed by atoms with Gasteiger partial charge in [0.25, 0.3) is 5.69 Å². The van der Waals surface area contributed by atoms with E-state index in [-0.39, 0.29) is 30.9 Å². The summed E-state index contributed by atoms with van der Waals surface area (Å²) < 4.78 is 4.98. The van der Waals surface area contributed by atoms with Crippen molar-refractivity contribution in [3.05, 3.63) is 39.9 Å². The second kappa shape index (κ2) is 13.6. The first-order valence-corrected chi connectivity index (χ1v) is 10.3. The summed E-state index contributed by atoms with van der Waals surface area (Å²) in [5.41, 5.74) is 5.49. The highest BCUT2D eigenvalue weighted by Gasteiger charge is 2.24. The fourth-order valence-corrected chi connectivity index (χ4v) is 2.92. The van der Waals surface area contributed by atoms with Gasteiger partial charge < -0.3 is 31.3 Å². The number of nitrogens with two attached hydrogens (primary N) is 1. The van der Waals surface area contributed by atoms with Crippen molar-refractivity contribution in [3.63, 3.8) is 0 Å². The molecule has 0 spiro atoms. The van der Waals surface area contributed by atoms with Gasteiger partial charge in [-0.15, -0.1) is 0 Å². The van der Waals surface area contributed by atoms with Crippen molar-refractivity contribution in [2.24, 2.45) is 5.73 Å². The van der Waals surface area contributed by atoms with Crippen LogP contribution in [0, 0.1) is 10.1 Å². The number of carbonyl (C=O) groups excluding carboxylic acids is 3. The molecule has 180 valence electrons. The van der Waals surface area contributed by atoms with Crippen molar-refractivity contribution in [1.82, 2.24) is 10.6 Å². The predicted molar refractivity (Wildman–Crippen MR) is 113 cm³/mol. The zero-order valence-corrected chi connectivity index (χ0v) is 17.9. The predicted octanol–water partition coefficient (Wildman–Crippen LogP) is -0.158. The van der Waals surface area contributed by atoms with Crippen LogP contribution in [0.1, 0.15) is 18.4 Å². The van der Waals surface area contributed by atoms with Crippen molar-refractivity contribution in [1.29, 1.82) is 0 Å². The average molecular weight is 486 g/mol. The molecular formula is C18H22N4O10S. The molecule has 2 atom stereocenters. The van der Waals surface area contributed by atoms with E-state index in [1.165, 1.54) is 24.3 Å². The molecule has 0 aromatic heterocycles. The normalized spacial score (nSPS) is 12.2. The highest BCUT2D eigenvalue weighted by molar-refractivity contribution is 8.13. The number of hydrogen-bond donors (Lipinski definition) is 5. The molecule has 0 saturated carbocycles. The molecule has 1 aromatic rings. The Balaban J connectivity index is 2.65. The Hall–Kier alpha value is -3.72. The Morgan fingerprint density at radius 2 is 1.91 bits per heavy atom. The number of nitro groups is 1. The lowest BCUT2D eigenvalue weighted by Gasteiger charge is -2.17. The fourth-order valence-electron chi connectivity index (χ4n) is 2.24. The van der Waals surface area contributed by atoms with E-state index >= 15 is 0 Å². The summed E-state index contributed by atoms with van der Waals surface area (Å²) in [4.78, 5) is 67.8. The van der Waals surface area contributed by atoms with Crippen molar-refractivity contribution in [3.8, 4) is 0 Å². The van der Waals surface area contributed by atoms with Crippen molar-refractivity contribution >= 4 is 46.5 Å². The van der Waals surface area contributed by atoms with Gasteiger partial charge in [0.15, 0.2) is 0 Å². The Morgan fingerprint density at radius 1 is 1.21 bits per heavy atom. The number of nitrogens with zero attached hydrogens (tertiary/aromatic N) is 1. The molecule has 0 aliphatic carbocycles. The molecule has 0 fully saturated rings. The lowest BCUT2D eigenvalue weighted by atomic mass is 10.1. The van der Waals surface area contributed by atoms with Crippen LogP contribution in [-0.4, -0.2) is 68.6 Å². The number of ether oxygens (including phenoxy) is 1. The van der Waals surface area contributed by atoms with Crippen molar-refractivity contribution in [2.45, 2.75) is 31.5 Å². The van der Waals surface area contributed by atoms with Gasteiger partial charge in [0.1, 0.15) is 25.2 Å². The first kappa shape index (κ1) is 27.3. The smallest absolute Gasteiger partial charge is 0.367 e. The molecule has 1 aromatic carbocycles. The number of nitrogens with one attached hydrogen (secondary N) is 2. The summed E-state index contributed by atoms with van der Waals surface area (Å²) >= 11 is 0.511. The number of aliphatic carboxylic acids is 2. The molecule has 6 N–H and O–H groups in total. The molecule has 33 heavy (non-hydrogen) atoms. The molecule has 1 rings (SSSR count). The quantitative estimate of drug-likeness (QED) is 0.139. The highest BCUT2D eigenvalue weighted by Crippen LogP contribution is 2.16. The molecular weight excluding hydrogens is 464 g/mol. The first-order chi connectivity index (χ1) is 15.5. The molecule has 0 radical (unpaired) electrons. The van der Waals surface area contributed by atoms with E-state index in [2.05, 4.69) is 10.6 Å². The number of amides is 2. The number of nitro benzene ring substituents is 1. The lowest BCUT2D eigenvalue weighted by Crippen LogP contribution is -2.49. The molecule has 0 aliphatic heterocycles. The molecule has 15 heteroatoms. The van der Waals surface area contributed by atoms with Crippen molar-refractivity contribution in [2.75, 3.05) is 12.3 Å². The Kier molecular flexibility index (Phi) is 11.3. The monoisotopic (exact) mass is 486 g/mol. The summed E-state index contributed by atoms with van der Waals surface area (Å²) in [5, 5.41) is 31.7. The van der Waals surface area contributed by atoms with Crippen LogP contribution in [-0.2, 0) is 30.5 Å². The van der Waals surface area contributed by atoms with Crippen LogP contribution in [0.4, 0.5) is 10.5 Å². The van der Waals surface area contributed by atoms with Crippen molar-refractivity contribution < 1.29 is 43.8 Å². The van der Waals surface area contributed by atoms with Gasteiger partial charge in [-0.2, -0.15) is 0 Å². The van der Waals surface area contributed by atoms with Crippen LogP contribution in [0.5, 0.6) is 0 Å². The molecule has 2 amide bonds. The van der Waals surface area contributed by atoms with E-state index in [4.69, 9.17) is 20.7 Å². The Labute approximate surface area is 191 Å². The maximum Gasteiger partial charge on any atom is 0.367 e. The lowest BCUT2D eigenvalue weighted by molar-refractivity contribution is -0.384. The third-order valence-corrected chi connectivity index (χ3v) is 4.76. The van der Waals surface area contributed by atoms with Gasteiger partial charge in [0.05, 0.1) is 4.92 Å². The summed E-state index contributed by atoms with van der Waals surface area (Å²) in [6.07, 6.45) is -0.527. The van der Waals surface area contributed by atoms with Crippen LogP contribution in [0.3, 0.4) is 0 Å². The number of thioether (sulfide) groups is 1. The van der Waals surface area contributed by atoms with Gasteiger partial charge in [-0.1, -0.05) is 12.1 Å². The molecule has 0 unspecified atom stereocenters. The summed E-state index contributed by atoms with van der Waals surface area (Å²) in [5.74, 6) is -4.57. The number of hydrogen-bond acceptors (Lipinski definition) is 10. The Morgan fingerprint density at radius 3 is 2.52 bits per heavy atom. The second-order valence-electron chi connectivity index (χ2n) is 6.49. The summed E-state index contributed by atoms with van der Waals surface area (Å²) in [7, 11) is 0. The SMILES string of the molecule is N[C@@H](CCC(=O)N[C@@H](CSC(=O)OCc1cccc([N+](=O)[O-])c1)C(=O)NCC(=O)O)C(=O)O. The van der Waals surface area contributed by atoms with Gasteiger partial charge in [-0.25, -0.2) is 4.79 Å². The average Bonchev–Trinajstić information content (AvgIpc) is 2.77. The second-order valence-corrected chi connectivity index (χ2v) is 7.45. The maximum absolute atomic E-state index is 12.2. The Bertz CT molecular complexity index is 910. The van der Waals surface area contributed by atoms with E-state index in [0.29, 0.717) is 17.3 Å². The number of rotatable bonds is 13. The minimum atomic E-state index is -1.33. The highest BCUT2D eigenvalue weighted by atomic mass is 32.2. The maximum atomic E-state index is 12.2. The van der Waals surface area contributed by atoms with Crippen LogP contribution >= 0.6 is 11.8 Å². The fraction of sp³-hybridized carbons (Fsp3) is 0.389. The van der Waals surface area contributed by atoms with E-state index in [1.54, 1.807) is 0 Å². The largest absolute Gasteiger partial charge is 0.480 e. The third-order valence-electron chi connectivity index (χ3n) is 3.91. The van der Waals surface area contributed by atoms with Gasteiger partial charge in [-0.3, -0.25) is 29.3 Å². The summed E-state index contributed by atoms with van der Waals surface area (Å²) in [6, 6.07) is 2.81. The number of carbonyl (C=O) groups is 5. The number of benzene rings is 1. The number of non-ortho nitro benzene ring substituents is 1. The molecule has 0 saturated heterocycles. The zero-order valence-electron chi connectivity index (χ0n) is 17.1. The number of carboxylic acids is 2. The third kappa shape index (κ3) is 10.9. The number of carboxylic acid groups (broad SMARTS) is 2. The topological polar surface area (TPSA) is 228 Å². The first-order valence-electron chi connectivity index (χ1n) is 9.29. The van der Waals surface area contributed by atoms with E-state index < -0.39 is 52.6 Å². The van der Waals surface area contributed by atoms with Crippen LogP contribution in [0.2, 0.25) is 0 Å². The molecule has 14 nitrogen and oxygen atoms in total. The van der Waals surface area contributed by atoms with Crippen LogP contribution in [0.15, 0.2) is 24.3 Å². The minimum absolute atomic E-state index is 0.184. The van der Waals surface area contributed by atoms with Gasteiger partial charge in [0, 0.05) is 24.3 Å². The molecule has 0 aliphatic rings. The van der Waals surface area contributed by atoms with E-state index in [0.717, 1.165) is 0 Å². The minimum Gasteiger partial charge on any atom is -0.480 e.